The van der Waals surface area contributed by atoms with E-state index in [-0.39, 0.29) is 12.1 Å². The zero-order valence-corrected chi connectivity index (χ0v) is 20.1. The molecular weight excluding hydrogens is 472 g/mol. The number of hydrazone groups is 1. The van der Waals surface area contributed by atoms with Crippen LogP contribution in [0.4, 0.5) is 10.5 Å². The normalized spacial score (nSPS) is 14.2. The third-order valence-corrected chi connectivity index (χ3v) is 5.91. The first-order valence-corrected chi connectivity index (χ1v) is 11.3. The van der Waals surface area contributed by atoms with E-state index in [1.807, 2.05) is 36.8 Å². The van der Waals surface area contributed by atoms with Gasteiger partial charge in [-0.3, -0.25) is 15.5 Å². The summed E-state index contributed by atoms with van der Waals surface area (Å²) in [6, 6.07) is 10.6. The Morgan fingerprint density at radius 2 is 2.09 bits per heavy atom. The third kappa shape index (κ3) is 5.20. The Morgan fingerprint density at radius 1 is 1.31 bits per heavy atom. The Bertz CT molecular complexity index is 1360. The summed E-state index contributed by atoms with van der Waals surface area (Å²) in [7, 11) is 0. The van der Waals surface area contributed by atoms with Crippen molar-refractivity contribution in [3.05, 3.63) is 47.2 Å². The van der Waals surface area contributed by atoms with Gasteiger partial charge in [0.2, 0.25) is 5.71 Å². The molecule has 11 heteroatoms. The van der Waals surface area contributed by atoms with Crippen molar-refractivity contribution in [3.63, 3.8) is 0 Å². The number of hydrogen-bond acceptors (Lipinski definition) is 8. The lowest BCUT2D eigenvalue weighted by molar-refractivity contribution is -0.114. The smallest absolute Gasteiger partial charge is 0.414 e. The average molecular weight is 495 g/mol. The van der Waals surface area contributed by atoms with Crippen molar-refractivity contribution in [2.75, 3.05) is 12.0 Å². The van der Waals surface area contributed by atoms with Gasteiger partial charge in [0.15, 0.2) is 0 Å². The van der Waals surface area contributed by atoms with Crippen LogP contribution in [0.5, 0.6) is 11.5 Å². The van der Waals surface area contributed by atoms with E-state index in [4.69, 9.17) is 16.3 Å². The third-order valence-electron chi connectivity index (χ3n) is 5.63. The van der Waals surface area contributed by atoms with E-state index < -0.39 is 17.7 Å². The number of nitriles is 1. The number of fused-ring (bicyclic) bond motifs is 1. The number of benzene rings is 2. The molecule has 0 radical (unpaired) electrons. The standard InChI is InChI=1S/C24H23ClN6O4/c1-4-34-23(33)28-22(32)19(12-26)30-29-15-9-14(2)21(17(25)10-15)35-16-5-6-18-20(11-16)31(13-27-18)24(3)7-8-24/h5-6,9-11,13,29H,4,7-8H2,1-3H3,(H,28,32,33)/b30-19+. The maximum atomic E-state index is 12.0. The predicted molar refractivity (Wildman–Crippen MR) is 131 cm³/mol. The Labute approximate surface area is 206 Å². The van der Waals surface area contributed by atoms with Gasteiger partial charge in [0.05, 0.1) is 34.7 Å². The number of imidazole rings is 1. The molecule has 2 N–H and O–H groups in total. The quantitative estimate of drug-likeness (QED) is 0.354. The Balaban J connectivity index is 1.51. The molecule has 2 aromatic carbocycles. The van der Waals surface area contributed by atoms with Gasteiger partial charge in [0, 0.05) is 11.6 Å². The molecule has 0 saturated heterocycles. The lowest BCUT2D eigenvalue weighted by Gasteiger charge is -2.14. The summed E-state index contributed by atoms with van der Waals surface area (Å²) in [5, 5.41) is 15.2. The average Bonchev–Trinajstić information content (AvgIpc) is 3.40. The fraction of sp³-hybridized carbons (Fsp3) is 0.292. The maximum Gasteiger partial charge on any atom is 0.414 e. The fourth-order valence-corrected chi connectivity index (χ4v) is 3.82. The van der Waals surface area contributed by atoms with Crippen LogP contribution < -0.4 is 15.5 Å². The minimum Gasteiger partial charge on any atom is -0.455 e. The molecule has 4 rings (SSSR count). The number of nitrogens with zero attached hydrogens (tertiary/aromatic N) is 4. The predicted octanol–water partition coefficient (Wildman–Crippen LogP) is 4.86. The summed E-state index contributed by atoms with van der Waals surface area (Å²) in [6.07, 6.45) is 3.13. The van der Waals surface area contributed by atoms with E-state index >= 15 is 0 Å². The number of nitrogens with one attached hydrogen (secondary N) is 2. The van der Waals surface area contributed by atoms with E-state index in [2.05, 4.69) is 31.7 Å². The monoisotopic (exact) mass is 494 g/mol. The molecule has 1 aliphatic rings. The number of ether oxygens (including phenoxy) is 2. The summed E-state index contributed by atoms with van der Waals surface area (Å²) in [5.74, 6) is 0.0929. The number of alkyl carbamates (subject to hydrolysis) is 1. The summed E-state index contributed by atoms with van der Waals surface area (Å²) in [5.41, 5.74) is 5.17. The van der Waals surface area contributed by atoms with Gasteiger partial charge in [-0.05, 0) is 63.4 Å². The highest BCUT2D eigenvalue weighted by Gasteiger charge is 2.40. The largest absolute Gasteiger partial charge is 0.455 e. The van der Waals surface area contributed by atoms with Crippen LogP contribution in [-0.4, -0.2) is 33.9 Å². The van der Waals surface area contributed by atoms with Gasteiger partial charge >= 0.3 is 6.09 Å². The van der Waals surface area contributed by atoms with Crippen molar-refractivity contribution in [1.82, 2.24) is 14.9 Å². The number of carbonyl (C=O) groups excluding carboxylic acids is 2. The summed E-state index contributed by atoms with van der Waals surface area (Å²) in [6.45, 7) is 5.68. The molecular formula is C24H23ClN6O4. The van der Waals surface area contributed by atoms with Gasteiger partial charge in [-0.15, -0.1) is 0 Å². The molecule has 0 unspecified atom stereocenters. The van der Waals surface area contributed by atoms with Crippen molar-refractivity contribution in [3.8, 4) is 17.6 Å². The number of aromatic nitrogens is 2. The molecule has 180 valence electrons. The second-order valence-electron chi connectivity index (χ2n) is 8.33. The first-order valence-electron chi connectivity index (χ1n) is 10.9. The Kier molecular flexibility index (Phi) is 6.62. The van der Waals surface area contributed by atoms with E-state index in [1.54, 1.807) is 25.1 Å². The van der Waals surface area contributed by atoms with Crippen LogP contribution in [0.25, 0.3) is 11.0 Å². The molecule has 1 aromatic heterocycles. The van der Waals surface area contributed by atoms with Gasteiger partial charge in [-0.2, -0.15) is 10.4 Å². The molecule has 2 amide bonds. The summed E-state index contributed by atoms with van der Waals surface area (Å²) < 4.78 is 12.9. The van der Waals surface area contributed by atoms with Crippen LogP contribution >= 0.6 is 11.6 Å². The van der Waals surface area contributed by atoms with E-state index in [0.29, 0.717) is 27.8 Å². The maximum absolute atomic E-state index is 12.0. The summed E-state index contributed by atoms with van der Waals surface area (Å²) >= 11 is 6.47. The number of carbonyl (C=O) groups is 2. The van der Waals surface area contributed by atoms with E-state index in [9.17, 15) is 14.9 Å². The lowest BCUT2D eigenvalue weighted by Crippen LogP contribution is -2.36. The lowest BCUT2D eigenvalue weighted by atomic mass is 10.2. The Morgan fingerprint density at radius 3 is 2.74 bits per heavy atom. The topological polar surface area (TPSA) is 131 Å². The van der Waals surface area contributed by atoms with Crippen molar-refractivity contribution < 1.29 is 19.1 Å². The van der Waals surface area contributed by atoms with Crippen LogP contribution in [0.15, 0.2) is 41.8 Å². The molecule has 1 aliphatic carbocycles. The van der Waals surface area contributed by atoms with Crippen LogP contribution in [0, 0.1) is 18.3 Å². The minimum atomic E-state index is -0.990. The van der Waals surface area contributed by atoms with Crippen LogP contribution in [0.1, 0.15) is 32.3 Å². The minimum absolute atomic E-state index is 0.0828. The fourth-order valence-electron chi connectivity index (χ4n) is 3.51. The molecule has 1 saturated carbocycles. The molecule has 0 bridgehead atoms. The molecule has 1 fully saturated rings. The van der Waals surface area contributed by atoms with Crippen LogP contribution in [0.3, 0.4) is 0 Å². The van der Waals surface area contributed by atoms with Crippen molar-refractivity contribution in [2.45, 2.75) is 39.2 Å². The number of amides is 2. The molecule has 0 aliphatic heterocycles. The highest BCUT2D eigenvalue weighted by atomic mass is 35.5. The molecule has 0 spiro atoms. The van der Waals surface area contributed by atoms with E-state index in [1.165, 1.54) is 0 Å². The summed E-state index contributed by atoms with van der Waals surface area (Å²) in [4.78, 5) is 27.8. The zero-order chi connectivity index (χ0) is 25.2. The molecule has 35 heavy (non-hydrogen) atoms. The molecule has 0 atom stereocenters. The molecule has 3 aromatic rings. The number of halogens is 1. The van der Waals surface area contributed by atoms with Crippen molar-refractivity contribution >= 4 is 46.0 Å². The van der Waals surface area contributed by atoms with Crippen molar-refractivity contribution in [1.29, 1.82) is 5.26 Å². The number of imide groups is 1. The first kappa shape index (κ1) is 24.0. The number of rotatable bonds is 7. The molecule has 1 heterocycles. The van der Waals surface area contributed by atoms with Crippen LogP contribution in [-0.2, 0) is 15.1 Å². The van der Waals surface area contributed by atoms with Gasteiger partial charge in [-0.1, -0.05) is 11.6 Å². The Hall–Kier alpha value is -4.10. The zero-order valence-electron chi connectivity index (χ0n) is 19.4. The van der Waals surface area contributed by atoms with Gasteiger partial charge < -0.3 is 14.0 Å². The SMILES string of the molecule is CCOC(=O)NC(=O)/C(C#N)=N/Nc1cc(C)c(Oc2ccc3ncn(C4(C)CC4)c3c2)c(Cl)c1. The number of hydrogen-bond donors (Lipinski definition) is 2. The molecule has 10 nitrogen and oxygen atoms in total. The highest BCUT2D eigenvalue weighted by Crippen LogP contribution is 2.45. The first-order chi connectivity index (χ1) is 16.7. The number of aryl methyl sites for hydroxylation is 1. The van der Waals surface area contributed by atoms with Crippen LogP contribution in [0.2, 0.25) is 5.02 Å². The van der Waals surface area contributed by atoms with Gasteiger partial charge in [-0.25, -0.2) is 9.78 Å². The highest BCUT2D eigenvalue weighted by molar-refractivity contribution is 6.46. The van der Waals surface area contributed by atoms with Crippen molar-refractivity contribution in [2.24, 2.45) is 5.10 Å². The van der Waals surface area contributed by atoms with E-state index in [0.717, 1.165) is 23.9 Å². The van der Waals surface area contributed by atoms with Gasteiger partial charge in [0.1, 0.15) is 17.6 Å². The second-order valence-corrected chi connectivity index (χ2v) is 8.73. The second kappa shape index (κ2) is 9.64. The van der Waals surface area contributed by atoms with Gasteiger partial charge in [0.25, 0.3) is 5.91 Å². The number of anilines is 1.